The lowest BCUT2D eigenvalue weighted by atomic mass is 9.93. The Kier molecular flexibility index (Phi) is 6.75. The van der Waals surface area contributed by atoms with Gasteiger partial charge in [0.2, 0.25) is 0 Å². The number of para-hydroxylation sites is 1. The molecule has 1 nitrogen and oxygen atoms in total. The number of hydrogen-bond donors (Lipinski definition) is 1. The molecule has 3 heteroatoms. The maximum absolute atomic E-state index is 13.3. The Balaban J connectivity index is 1.28. The van der Waals surface area contributed by atoms with Crippen LogP contribution in [-0.4, -0.2) is 0 Å². The highest BCUT2D eigenvalue weighted by molar-refractivity contribution is 8.08. The Labute approximate surface area is 232 Å². The van der Waals surface area contributed by atoms with Crippen LogP contribution in [-0.2, 0) is 0 Å². The highest BCUT2D eigenvalue weighted by Crippen LogP contribution is 2.41. The van der Waals surface area contributed by atoms with Crippen molar-refractivity contribution in [3.63, 3.8) is 0 Å². The van der Waals surface area contributed by atoms with Gasteiger partial charge in [-0.1, -0.05) is 128 Å². The average Bonchev–Trinajstić information content (AvgIpc) is 2.98. The molecular weight excluding hydrogens is 497 g/mol. The van der Waals surface area contributed by atoms with E-state index in [1.54, 1.807) is 23.9 Å². The molecule has 0 heterocycles. The molecule has 0 bridgehead atoms. The smallest absolute Gasteiger partial charge is 0.123 e. The largest absolute Gasteiger partial charge is 0.398 e. The summed E-state index contributed by atoms with van der Waals surface area (Å²) in [6, 6.07) is 44.4. The normalized spacial score (nSPS) is 11.0. The van der Waals surface area contributed by atoms with Crippen molar-refractivity contribution in [3.05, 3.63) is 151 Å². The van der Waals surface area contributed by atoms with Gasteiger partial charge in [0.05, 0.1) is 0 Å². The van der Waals surface area contributed by atoms with Crippen LogP contribution in [0.25, 0.3) is 49.1 Å². The molecule has 6 rings (SSSR count). The van der Waals surface area contributed by atoms with Gasteiger partial charge in [-0.15, -0.1) is 0 Å². The van der Waals surface area contributed by atoms with Crippen molar-refractivity contribution in [3.8, 4) is 33.4 Å². The van der Waals surface area contributed by atoms with Crippen molar-refractivity contribution in [2.45, 2.75) is 4.90 Å². The fourth-order valence-corrected chi connectivity index (χ4v) is 5.78. The molecule has 0 saturated carbocycles. The zero-order valence-electron chi connectivity index (χ0n) is 21.3. The zero-order valence-corrected chi connectivity index (χ0v) is 22.1. The Hall–Kier alpha value is -4.60. The molecule has 0 spiro atoms. The molecule has 0 amide bonds. The molecule has 0 unspecified atom stereocenters. The molecule has 0 atom stereocenters. The lowest BCUT2D eigenvalue weighted by Gasteiger charge is -2.14. The van der Waals surface area contributed by atoms with Crippen LogP contribution < -0.4 is 5.73 Å². The van der Waals surface area contributed by atoms with E-state index >= 15 is 0 Å². The summed E-state index contributed by atoms with van der Waals surface area (Å²) >= 11 is 1.60. The van der Waals surface area contributed by atoms with Crippen molar-refractivity contribution in [2.24, 2.45) is 0 Å². The van der Waals surface area contributed by atoms with Crippen LogP contribution in [0.15, 0.2) is 145 Å². The number of nitrogens with two attached hydrogens (primary N) is 1. The minimum absolute atomic E-state index is 0.223. The van der Waals surface area contributed by atoms with Gasteiger partial charge < -0.3 is 5.73 Å². The summed E-state index contributed by atoms with van der Waals surface area (Å²) in [5, 5.41) is 2.36. The molecular formula is C36H26FNS. The van der Waals surface area contributed by atoms with Crippen LogP contribution >= 0.6 is 11.8 Å². The summed E-state index contributed by atoms with van der Waals surface area (Å²) in [6.45, 7) is 4.38. The van der Waals surface area contributed by atoms with Crippen LogP contribution in [0.5, 0.6) is 0 Å². The van der Waals surface area contributed by atoms with E-state index in [2.05, 4.69) is 91.5 Å². The molecule has 188 valence electrons. The molecule has 6 aromatic carbocycles. The van der Waals surface area contributed by atoms with Gasteiger partial charge in [-0.25, -0.2) is 4.39 Å². The van der Waals surface area contributed by atoms with Gasteiger partial charge in [-0.2, -0.15) is 0 Å². The molecule has 0 saturated heterocycles. The summed E-state index contributed by atoms with van der Waals surface area (Å²) in [6.07, 6.45) is 0. The Morgan fingerprint density at radius 2 is 1.03 bits per heavy atom. The number of thioether (sulfide) groups is 1. The van der Waals surface area contributed by atoms with Gasteiger partial charge >= 0.3 is 0 Å². The van der Waals surface area contributed by atoms with Gasteiger partial charge in [0.25, 0.3) is 0 Å². The lowest BCUT2D eigenvalue weighted by Crippen LogP contribution is -1.90. The maximum atomic E-state index is 13.3. The highest BCUT2D eigenvalue weighted by atomic mass is 32.2. The second-order valence-electron chi connectivity index (χ2n) is 9.43. The van der Waals surface area contributed by atoms with Gasteiger partial charge in [0.1, 0.15) is 5.82 Å². The van der Waals surface area contributed by atoms with Crippen molar-refractivity contribution in [2.75, 3.05) is 5.73 Å². The van der Waals surface area contributed by atoms with Gasteiger partial charge in [0.15, 0.2) is 0 Å². The van der Waals surface area contributed by atoms with Crippen LogP contribution in [0.3, 0.4) is 0 Å². The van der Waals surface area contributed by atoms with Crippen LogP contribution in [0.2, 0.25) is 0 Å². The number of halogens is 1. The van der Waals surface area contributed by atoms with Gasteiger partial charge in [0, 0.05) is 15.5 Å². The fourth-order valence-electron chi connectivity index (χ4n) is 4.89. The first-order valence-corrected chi connectivity index (χ1v) is 13.6. The van der Waals surface area contributed by atoms with Gasteiger partial charge in [-0.05, 0) is 74.0 Å². The second kappa shape index (κ2) is 10.6. The predicted molar refractivity (Wildman–Crippen MR) is 166 cm³/mol. The molecule has 0 aliphatic heterocycles. The number of hydrogen-bond acceptors (Lipinski definition) is 2. The fraction of sp³-hybridized carbons (Fsp3) is 0. The van der Waals surface area contributed by atoms with Crippen molar-refractivity contribution in [1.29, 1.82) is 0 Å². The average molecular weight is 524 g/mol. The summed E-state index contributed by atoms with van der Waals surface area (Å²) in [5.74, 6) is -0.223. The zero-order chi connectivity index (χ0) is 26.8. The van der Waals surface area contributed by atoms with Crippen LogP contribution in [0, 0.1) is 5.82 Å². The molecule has 39 heavy (non-hydrogen) atoms. The SMILES string of the molecule is C=C(Sc1ccccc1N)c1ccc(-c2ccc(-c3ccc(-c4ccc(F)cc4)cc3)cc2)c2ccccc12. The van der Waals surface area contributed by atoms with Crippen LogP contribution in [0.1, 0.15) is 5.56 Å². The number of anilines is 1. The van der Waals surface area contributed by atoms with E-state index in [0.717, 1.165) is 48.9 Å². The molecule has 0 fully saturated rings. The Morgan fingerprint density at radius 3 is 1.62 bits per heavy atom. The third-order valence-corrected chi connectivity index (χ3v) is 8.03. The molecule has 2 N–H and O–H groups in total. The van der Waals surface area contributed by atoms with E-state index in [4.69, 9.17) is 5.73 Å². The number of fused-ring (bicyclic) bond motifs is 1. The van der Waals surface area contributed by atoms with Crippen LogP contribution in [0.4, 0.5) is 10.1 Å². The molecule has 0 radical (unpaired) electrons. The second-order valence-corrected chi connectivity index (χ2v) is 10.6. The van der Waals surface area contributed by atoms with Crippen molar-refractivity contribution >= 4 is 33.1 Å². The van der Waals surface area contributed by atoms with E-state index in [1.807, 2.05) is 24.3 Å². The summed E-state index contributed by atoms with van der Waals surface area (Å²) in [4.78, 5) is 1.98. The minimum Gasteiger partial charge on any atom is -0.398 e. The molecule has 6 aromatic rings. The van der Waals surface area contributed by atoms with E-state index in [0.29, 0.717) is 0 Å². The molecule has 0 aromatic heterocycles. The number of nitrogen functional groups attached to an aromatic ring is 1. The van der Waals surface area contributed by atoms with E-state index < -0.39 is 0 Å². The monoisotopic (exact) mass is 523 g/mol. The first kappa shape index (κ1) is 24.7. The summed E-state index contributed by atoms with van der Waals surface area (Å²) < 4.78 is 13.3. The first-order chi connectivity index (χ1) is 19.1. The highest BCUT2D eigenvalue weighted by Gasteiger charge is 2.12. The van der Waals surface area contributed by atoms with E-state index in [1.165, 1.54) is 28.5 Å². The third-order valence-electron chi connectivity index (χ3n) is 6.97. The van der Waals surface area contributed by atoms with Crippen molar-refractivity contribution < 1.29 is 4.39 Å². The lowest BCUT2D eigenvalue weighted by molar-refractivity contribution is 0.628. The van der Waals surface area contributed by atoms with Crippen molar-refractivity contribution in [1.82, 2.24) is 0 Å². The predicted octanol–water partition coefficient (Wildman–Crippen LogP) is 10.3. The Bertz CT molecular complexity index is 1790. The molecule has 0 aliphatic rings. The standard InChI is InChI=1S/C36H26FNS/c1-24(39-36-9-5-4-8-35(36)38)31-22-23-32(34-7-3-2-6-33(31)34)29-16-14-27(15-17-29)25-10-12-26(13-11-25)28-18-20-30(37)21-19-28/h2-23H,1,38H2. The number of rotatable bonds is 6. The van der Waals surface area contributed by atoms with E-state index in [-0.39, 0.29) is 5.82 Å². The minimum atomic E-state index is -0.223. The van der Waals surface area contributed by atoms with E-state index in [9.17, 15) is 4.39 Å². The van der Waals surface area contributed by atoms with Gasteiger partial charge in [-0.3, -0.25) is 0 Å². The summed E-state index contributed by atoms with van der Waals surface area (Å²) in [5.41, 5.74) is 14.8. The Morgan fingerprint density at radius 1 is 0.538 bits per heavy atom. The maximum Gasteiger partial charge on any atom is 0.123 e. The number of benzene rings is 6. The third kappa shape index (κ3) is 5.09. The molecule has 0 aliphatic carbocycles. The first-order valence-electron chi connectivity index (χ1n) is 12.8. The quantitative estimate of drug-likeness (QED) is 0.174. The summed E-state index contributed by atoms with van der Waals surface area (Å²) in [7, 11) is 0. The topological polar surface area (TPSA) is 26.0 Å².